The molecule has 2 heterocycles. The summed E-state index contributed by atoms with van der Waals surface area (Å²) in [6.45, 7) is 5.46. The fourth-order valence-electron chi connectivity index (χ4n) is 2.54. The lowest BCUT2D eigenvalue weighted by atomic mass is 9.96. The van der Waals surface area contributed by atoms with Crippen molar-refractivity contribution in [2.75, 3.05) is 5.32 Å². The molecule has 0 aliphatic carbocycles. The number of esters is 1. The maximum atomic E-state index is 12.6. The predicted octanol–water partition coefficient (Wildman–Crippen LogP) is 2.68. The van der Waals surface area contributed by atoms with E-state index >= 15 is 0 Å². The average Bonchev–Trinajstić information content (AvgIpc) is 2.92. The first kappa shape index (κ1) is 15.7. The van der Waals surface area contributed by atoms with Crippen LogP contribution in [0.25, 0.3) is 0 Å². The second kappa shape index (κ2) is 6.11. The fraction of sp³-hybridized carbons (Fsp3) is 0.333. The van der Waals surface area contributed by atoms with Gasteiger partial charge in [0.2, 0.25) is 5.95 Å². The Morgan fingerprint density at radius 3 is 2.91 bits per heavy atom. The lowest BCUT2D eigenvalue weighted by Crippen LogP contribution is -2.30. The number of benzene rings is 1. The molecule has 2 aromatic rings. The van der Waals surface area contributed by atoms with Crippen LogP contribution in [-0.2, 0) is 9.53 Å². The summed E-state index contributed by atoms with van der Waals surface area (Å²) in [6, 6.07) is 7.27. The molecule has 120 valence electrons. The van der Waals surface area contributed by atoms with Crippen LogP contribution in [0.4, 0.5) is 5.95 Å². The van der Waals surface area contributed by atoms with E-state index in [0.717, 1.165) is 10.0 Å². The van der Waals surface area contributed by atoms with Crippen LogP contribution in [0.2, 0.25) is 0 Å². The number of nitrogens with one attached hydrogen (secondary N) is 1. The van der Waals surface area contributed by atoms with Crippen molar-refractivity contribution in [2.24, 2.45) is 0 Å². The standard InChI is InChI=1S/C15H16BrN5O2/c1-8(2)23-14(22)12-9(3)17-15-18-19-20-21(15)13(12)10-5-4-6-11(16)7-10/h4-8,13H,1-3H3,(H,17,18,20). The molecule has 0 radical (unpaired) electrons. The second-order valence-electron chi connectivity index (χ2n) is 5.52. The van der Waals surface area contributed by atoms with E-state index in [2.05, 4.69) is 36.8 Å². The van der Waals surface area contributed by atoms with Crippen LogP contribution >= 0.6 is 15.9 Å². The summed E-state index contributed by atoms with van der Waals surface area (Å²) >= 11 is 3.46. The van der Waals surface area contributed by atoms with Gasteiger partial charge in [-0.25, -0.2) is 4.79 Å². The van der Waals surface area contributed by atoms with Crippen molar-refractivity contribution in [3.05, 3.63) is 45.6 Å². The van der Waals surface area contributed by atoms with Gasteiger partial charge in [-0.1, -0.05) is 33.2 Å². The summed E-state index contributed by atoms with van der Waals surface area (Å²) in [7, 11) is 0. The van der Waals surface area contributed by atoms with Gasteiger partial charge < -0.3 is 10.1 Å². The Balaban J connectivity index is 2.13. The highest BCUT2D eigenvalue weighted by atomic mass is 79.9. The van der Waals surface area contributed by atoms with Gasteiger partial charge in [0.25, 0.3) is 0 Å². The second-order valence-corrected chi connectivity index (χ2v) is 6.44. The van der Waals surface area contributed by atoms with E-state index in [1.54, 1.807) is 4.68 Å². The Morgan fingerprint density at radius 1 is 1.43 bits per heavy atom. The number of tetrazole rings is 1. The molecule has 8 heteroatoms. The number of anilines is 1. The lowest BCUT2D eigenvalue weighted by Gasteiger charge is -2.28. The number of carbonyl (C=O) groups is 1. The van der Waals surface area contributed by atoms with Gasteiger partial charge in [0.15, 0.2) is 0 Å². The van der Waals surface area contributed by atoms with E-state index < -0.39 is 6.04 Å². The number of allylic oxidation sites excluding steroid dienone is 1. The third kappa shape index (κ3) is 2.98. The maximum absolute atomic E-state index is 12.6. The largest absolute Gasteiger partial charge is 0.459 e. The average molecular weight is 378 g/mol. The van der Waals surface area contributed by atoms with Crippen molar-refractivity contribution in [3.63, 3.8) is 0 Å². The number of carbonyl (C=O) groups excluding carboxylic acids is 1. The van der Waals surface area contributed by atoms with E-state index in [-0.39, 0.29) is 12.1 Å². The van der Waals surface area contributed by atoms with Gasteiger partial charge in [-0.05, 0) is 48.9 Å². The predicted molar refractivity (Wildman–Crippen MR) is 87.6 cm³/mol. The van der Waals surface area contributed by atoms with E-state index in [1.807, 2.05) is 45.0 Å². The Hall–Kier alpha value is -2.22. The molecule has 0 saturated heterocycles. The molecule has 7 nitrogen and oxygen atoms in total. The number of fused-ring (bicyclic) bond motifs is 1. The van der Waals surface area contributed by atoms with Crippen LogP contribution in [0.15, 0.2) is 40.0 Å². The fourth-order valence-corrected chi connectivity index (χ4v) is 2.96. The smallest absolute Gasteiger partial charge is 0.338 e. The zero-order valence-electron chi connectivity index (χ0n) is 12.9. The third-order valence-electron chi connectivity index (χ3n) is 3.44. The Kier molecular flexibility index (Phi) is 4.16. The zero-order chi connectivity index (χ0) is 16.6. The summed E-state index contributed by atoms with van der Waals surface area (Å²) in [5, 5.41) is 14.7. The molecule has 1 atom stereocenters. The minimum Gasteiger partial charge on any atom is -0.459 e. The van der Waals surface area contributed by atoms with Gasteiger partial charge in [-0.2, -0.15) is 4.68 Å². The molecule has 0 saturated carbocycles. The highest BCUT2D eigenvalue weighted by Crippen LogP contribution is 2.35. The Labute approximate surface area is 141 Å². The van der Waals surface area contributed by atoms with Crippen molar-refractivity contribution in [1.29, 1.82) is 0 Å². The number of rotatable bonds is 3. The SMILES string of the molecule is CC1=C(C(=O)OC(C)C)C(c2cccc(Br)c2)n2nnnc2N1. The van der Waals surface area contributed by atoms with Crippen molar-refractivity contribution < 1.29 is 9.53 Å². The minimum atomic E-state index is -0.440. The Bertz CT molecular complexity index is 784. The molecule has 0 bridgehead atoms. The molecule has 1 N–H and O–H groups in total. The van der Waals surface area contributed by atoms with Crippen LogP contribution in [0.5, 0.6) is 0 Å². The number of halogens is 1. The van der Waals surface area contributed by atoms with Gasteiger partial charge >= 0.3 is 5.97 Å². The first-order valence-electron chi connectivity index (χ1n) is 7.19. The summed E-state index contributed by atoms with van der Waals surface area (Å²) in [4.78, 5) is 12.6. The number of hydrogen-bond acceptors (Lipinski definition) is 6. The van der Waals surface area contributed by atoms with Gasteiger partial charge in [0.1, 0.15) is 6.04 Å². The van der Waals surface area contributed by atoms with Crippen molar-refractivity contribution in [3.8, 4) is 0 Å². The molecule has 1 aromatic carbocycles. The maximum Gasteiger partial charge on any atom is 0.338 e. The van der Waals surface area contributed by atoms with Crippen molar-refractivity contribution in [2.45, 2.75) is 32.9 Å². The molecule has 1 unspecified atom stereocenters. The van der Waals surface area contributed by atoms with Crippen LogP contribution in [0, 0.1) is 0 Å². The molecule has 1 aromatic heterocycles. The molecule has 0 amide bonds. The highest BCUT2D eigenvalue weighted by molar-refractivity contribution is 9.10. The van der Waals surface area contributed by atoms with Gasteiger partial charge in [-0.15, -0.1) is 0 Å². The van der Waals surface area contributed by atoms with Crippen LogP contribution in [0.1, 0.15) is 32.4 Å². The number of ether oxygens (including phenoxy) is 1. The topological polar surface area (TPSA) is 81.9 Å². The molecule has 0 fully saturated rings. The molecule has 0 spiro atoms. The van der Waals surface area contributed by atoms with E-state index in [0.29, 0.717) is 17.2 Å². The molecular weight excluding hydrogens is 362 g/mol. The van der Waals surface area contributed by atoms with E-state index in [1.165, 1.54) is 0 Å². The van der Waals surface area contributed by atoms with Crippen LogP contribution in [-0.4, -0.2) is 32.3 Å². The van der Waals surface area contributed by atoms with Gasteiger partial charge in [0, 0.05) is 10.2 Å². The third-order valence-corrected chi connectivity index (χ3v) is 3.93. The summed E-state index contributed by atoms with van der Waals surface area (Å²) < 4.78 is 7.91. The monoisotopic (exact) mass is 377 g/mol. The van der Waals surface area contributed by atoms with Crippen LogP contribution in [0.3, 0.4) is 0 Å². The molecule has 1 aliphatic heterocycles. The van der Waals surface area contributed by atoms with Gasteiger partial charge in [0.05, 0.1) is 11.7 Å². The van der Waals surface area contributed by atoms with Crippen molar-refractivity contribution in [1.82, 2.24) is 20.2 Å². The number of hydrogen-bond donors (Lipinski definition) is 1. The summed E-state index contributed by atoms with van der Waals surface area (Å²) in [5.74, 6) is 0.115. The summed E-state index contributed by atoms with van der Waals surface area (Å²) in [5.41, 5.74) is 2.07. The highest BCUT2D eigenvalue weighted by Gasteiger charge is 2.35. The lowest BCUT2D eigenvalue weighted by molar-refractivity contribution is -0.143. The minimum absolute atomic E-state index is 0.207. The number of nitrogens with zero attached hydrogens (tertiary/aromatic N) is 4. The zero-order valence-corrected chi connectivity index (χ0v) is 14.5. The molecular formula is C15H16BrN5O2. The van der Waals surface area contributed by atoms with Crippen molar-refractivity contribution >= 4 is 27.8 Å². The normalized spacial score (nSPS) is 17.0. The van der Waals surface area contributed by atoms with Crippen LogP contribution < -0.4 is 5.32 Å². The van der Waals surface area contributed by atoms with Gasteiger partial charge in [-0.3, -0.25) is 0 Å². The first-order chi connectivity index (χ1) is 11.0. The Morgan fingerprint density at radius 2 is 2.22 bits per heavy atom. The van der Waals surface area contributed by atoms with E-state index in [9.17, 15) is 4.79 Å². The number of aromatic nitrogens is 4. The summed E-state index contributed by atoms with van der Waals surface area (Å²) in [6.07, 6.45) is -0.207. The molecule has 3 rings (SSSR count). The first-order valence-corrected chi connectivity index (χ1v) is 7.98. The molecule has 23 heavy (non-hydrogen) atoms. The molecule has 1 aliphatic rings. The van der Waals surface area contributed by atoms with E-state index in [4.69, 9.17) is 4.74 Å². The quantitative estimate of drug-likeness (QED) is 0.828.